The molecule has 0 spiro atoms. The summed E-state index contributed by atoms with van der Waals surface area (Å²) in [4.78, 5) is 34.4. The Morgan fingerprint density at radius 3 is 2.60 bits per heavy atom. The Bertz CT molecular complexity index is 1030. The van der Waals surface area contributed by atoms with Crippen molar-refractivity contribution in [3.8, 4) is 0 Å². The molecule has 1 aliphatic heterocycles. The van der Waals surface area contributed by atoms with Gasteiger partial charge < -0.3 is 9.80 Å². The van der Waals surface area contributed by atoms with Crippen LogP contribution in [0.2, 0.25) is 0 Å². The van der Waals surface area contributed by atoms with E-state index in [9.17, 15) is 9.59 Å². The minimum absolute atomic E-state index is 0.0902. The van der Waals surface area contributed by atoms with Crippen LogP contribution in [-0.2, 0) is 6.54 Å². The molecule has 0 bridgehead atoms. The third-order valence-electron chi connectivity index (χ3n) is 5.26. The van der Waals surface area contributed by atoms with Gasteiger partial charge in [-0.25, -0.2) is 4.98 Å². The summed E-state index contributed by atoms with van der Waals surface area (Å²) in [5.74, 6) is 0.942. The van der Waals surface area contributed by atoms with E-state index in [4.69, 9.17) is 0 Å². The van der Waals surface area contributed by atoms with E-state index < -0.39 is 6.04 Å². The topological polar surface area (TPSA) is 100 Å². The lowest BCUT2D eigenvalue weighted by atomic mass is 10.1. The Hall–Kier alpha value is -3.49. The van der Waals surface area contributed by atoms with Crippen molar-refractivity contribution >= 4 is 11.8 Å². The molecule has 4 rings (SSSR count). The second kappa shape index (κ2) is 8.48. The predicted octanol–water partition coefficient (Wildman–Crippen LogP) is 2.06. The predicted molar refractivity (Wildman–Crippen MR) is 110 cm³/mol. The van der Waals surface area contributed by atoms with Crippen LogP contribution in [0.3, 0.4) is 0 Å². The number of hydrogen-bond donors (Lipinski definition) is 1. The zero-order valence-corrected chi connectivity index (χ0v) is 17.2. The summed E-state index contributed by atoms with van der Waals surface area (Å²) in [5.41, 5.74) is 1.01. The SMILES string of the molecule is CCn1ccc(C(=O)N2CCCN(C(=O)c3ccccc3)C(c3n[nH]c(C)n3)C2)n1. The zero-order valence-electron chi connectivity index (χ0n) is 17.2. The van der Waals surface area contributed by atoms with E-state index in [2.05, 4.69) is 20.3 Å². The number of amides is 2. The number of aromatic nitrogens is 5. The van der Waals surface area contributed by atoms with Crippen molar-refractivity contribution in [3.05, 3.63) is 65.5 Å². The number of carbonyl (C=O) groups is 2. The van der Waals surface area contributed by atoms with Crippen LogP contribution in [0.25, 0.3) is 0 Å². The van der Waals surface area contributed by atoms with Crippen LogP contribution in [0.5, 0.6) is 0 Å². The number of rotatable bonds is 4. The normalized spacial score (nSPS) is 17.1. The molecule has 2 aromatic heterocycles. The van der Waals surface area contributed by atoms with Gasteiger partial charge in [0, 0.05) is 37.9 Å². The average molecular weight is 407 g/mol. The molecular formula is C21H25N7O2. The highest BCUT2D eigenvalue weighted by Gasteiger charge is 2.35. The van der Waals surface area contributed by atoms with Crippen molar-refractivity contribution in [2.45, 2.75) is 32.9 Å². The Morgan fingerprint density at radius 2 is 1.93 bits per heavy atom. The monoisotopic (exact) mass is 407 g/mol. The quantitative estimate of drug-likeness (QED) is 0.714. The largest absolute Gasteiger partial charge is 0.335 e. The number of H-pyrrole nitrogens is 1. The molecule has 0 aliphatic carbocycles. The van der Waals surface area contributed by atoms with E-state index in [1.54, 1.807) is 38.9 Å². The summed E-state index contributed by atoms with van der Waals surface area (Å²) >= 11 is 0. The fourth-order valence-electron chi connectivity index (χ4n) is 3.70. The molecule has 2 amide bonds. The molecule has 3 heterocycles. The maximum Gasteiger partial charge on any atom is 0.274 e. The van der Waals surface area contributed by atoms with Gasteiger partial charge in [-0.3, -0.25) is 19.4 Å². The number of benzene rings is 1. The minimum Gasteiger partial charge on any atom is -0.335 e. The molecule has 9 nitrogen and oxygen atoms in total. The summed E-state index contributed by atoms with van der Waals surface area (Å²) in [7, 11) is 0. The highest BCUT2D eigenvalue weighted by Crippen LogP contribution is 2.25. The lowest BCUT2D eigenvalue weighted by Crippen LogP contribution is -2.41. The Balaban J connectivity index is 1.64. The van der Waals surface area contributed by atoms with Crippen LogP contribution < -0.4 is 0 Å². The highest BCUT2D eigenvalue weighted by atomic mass is 16.2. The number of hydrogen-bond acceptors (Lipinski definition) is 5. The lowest BCUT2D eigenvalue weighted by molar-refractivity contribution is 0.0620. The van der Waals surface area contributed by atoms with E-state index in [-0.39, 0.29) is 11.8 Å². The molecule has 1 aromatic carbocycles. The number of aromatic amines is 1. The number of nitrogens with zero attached hydrogens (tertiary/aromatic N) is 6. The van der Waals surface area contributed by atoms with E-state index in [1.165, 1.54) is 0 Å². The molecule has 1 saturated heterocycles. The van der Waals surface area contributed by atoms with Crippen LogP contribution in [0, 0.1) is 6.92 Å². The van der Waals surface area contributed by atoms with E-state index in [1.807, 2.05) is 32.0 Å². The van der Waals surface area contributed by atoms with Crippen molar-refractivity contribution in [3.63, 3.8) is 0 Å². The molecule has 1 fully saturated rings. The first-order valence-electron chi connectivity index (χ1n) is 10.1. The Morgan fingerprint density at radius 1 is 1.13 bits per heavy atom. The van der Waals surface area contributed by atoms with Gasteiger partial charge in [-0.1, -0.05) is 18.2 Å². The second-order valence-electron chi connectivity index (χ2n) is 7.32. The molecule has 1 aliphatic rings. The summed E-state index contributed by atoms with van der Waals surface area (Å²) in [6, 6.07) is 10.5. The second-order valence-corrected chi connectivity index (χ2v) is 7.32. The van der Waals surface area contributed by atoms with Crippen LogP contribution >= 0.6 is 0 Å². The molecule has 1 unspecified atom stereocenters. The first-order chi connectivity index (χ1) is 14.6. The van der Waals surface area contributed by atoms with Crippen molar-refractivity contribution < 1.29 is 9.59 Å². The number of carbonyl (C=O) groups excluding carboxylic acids is 2. The molecular weight excluding hydrogens is 382 g/mol. The van der Waals surface area contributed by atoms with E-state index in [0.29, 0.717) is 55.5 Å². The highest BCUT2D eigenvalue weighted by molar-refractivity contribution is 5.95. The van der Waals surface area contributed by atoms with Crippen LogP contribution in [0.4, 0.5) is 0 Å². The number of nitrogens with one attached hydrogen (secondary N) is 1. The maximum atomic E-state index is 13.3. The third-order valence-corrected chi connectivity index (χ3v) is 5.26. The van der Waals surface area contributed by atoms with Gasteiger partial charge in [-0.2, -0.15) is 10.2 Å². The van der Waals surface area contributed by atoms with Crippen molar-refractivity contribution in [2.75, 3.05) is 19.6 Å². The standard InChI is InChI=1S/C21H25N7O2/c1-3-27-13-10-17(25-27)21(30)26-11-7-12-28(20(29)16-8-5-4-6-9-16)18(14-26)19-22-15(2)23-24-19/h4-6,8-10,13,18H,3,7,11-12,14H2,1-2H3,(H,22,23,24). The Kier molecular flexibility index (Phi) is 5.60. The maximum absolute atomic E-state index is 13.3. The van der Waals surface area contributed by atoms with Gasteiger partial charge in [0.05, 0.1) is 0 Å². The average Bonchev–Trinajstić information content (AvgIpc) is 3.37. The summed E-state index contributed by atoms with van der Waals surface area (Å²) in [6.45, 7) is 5.85. The summed E-state index contributed by atoms with van der Waals surface area (Å²) < 4.78 is 1.73. The van der Waals surface area contributed by atoms with Gasteiger partial charge in [0.2, 0.25) is 0 Å². The van der Waals surface area contributed by atoms with Crippen molar-refractivity contribution in [2.24, 2.45) is 0 Å². The first-order valence-corrected chi connectivity index (χ1v) is 10.1. The minimum atomic E-state index is -0.442. The molecule has 156 valence electrons. The fourth-order valence-corrected chi connectivity index (χ4v) is 3.70. The smallest absolute Gasteiger partial charge is 0.274 e. The lowest BCUT2D eigenvalue weighted by Gasteiger charge is -2.30. The van der Waals surface area contributed by atoms with Gasteiger partial charge in [0.1, 0.15) is 17.6 Å². The molecule has 1 atom stereocenters. The summed E-state index contributed by atoms with van der Waals surface area (Å²) in [5, 5.41) is 11.5. The zero-order chi connectivity index (χ0) is 21.1. The molecule has 0 saturated carbocycles. The molecule has 0 radical (unpaired) electrons. The summed E-state index contributed by atoms with van der Waals surface area (Å²) in [6.07, 6.45) is 2.46. The Labute approximate surface area is 174 Å². The van der Waals surface area contributed by atoms with Crippen LogP contribution in [-0.4, -0.2) is 66.2 Å². The molecule has 3 aromatic rings. The van der Waals surface area contributed by atoms with Gasteiger partial charge >= 0.3 is 0 Å². The van der Waals surface area contributed by atoms with Gasteiger partial charge in [0.25, 0.3) is 11.8 Å². The van der Waals surface area contributed by atoms with Crippen LogP contribution in [0.1, 0.15) is 51.9 Å². The fraction of sp³-hybridized carbons (Fsp3) is 0.381. The van der Waals surface area contributed by atoms with E-state index >= 15 is 0 Å². The van der Waals surface area contributed by atoms with Crippen LogP contribution in [0.15, 0.2) is 42.6 Å². The van der Waals surface area contributed by atoms with Crippen molar-refractivity contribution in [1.29, 1.82) is 0 Å². The molecule has 1 N–H and O–H groups in total. The third kappa shape index (κ3) is 3.96. The molecule has 30 heavy (non-hydrogen) atoms. The first kappa shape index (κ1) is 19.8. The van der Waals surface area contributed by atoms with Gasteiger partial charge in [-0.05, 0) is 38.5 Å². The van der Waals surface area contributed by atoms with Crippen molar-refractivity contribution in [1.82, 2.24) is 34.8 Å². The van der Waals surface area contributed by atoms with Gasteiger partial charge in [0.15, 0.2) is 5.82 Å². The number of aryl methyl sites for hydroxylation is 2. The molecule has 9 heteroatoms. The van der Waals surface area contributed by atoms with Gasteiger partial charge in [-0.15, -0.1) is 0 Å². The van der Waals surface area contributed by atoms with E-state index in [0.717, 1.165) is 0 Å².